The summed E-state index contributed by atoms with van der Waals surface area (Å²) in [6, 6.07) is 6.20. The summed E-state index contributed by atoms with van der Waals surface area (Å²) in [7, 11) is 2.57. The van der Waals surface area contributed by atoms with Crippen molar-refractivity contribution in [3.05, 3.63) is 46.7 Å². The number of rotatable bonds is 7. The number of hydrogen-bond donors (Lipinski definition) is 1. The van der Waals surface area contributed by atoms with Crippen molar-refractivity contribution in [3.8, 4) is 22.1 Å². The molecule has 1 aliphatic rings. The number of benzene rings is 1. The summed E-state index contributed by atoms with van der Waals surface area (Å²) in [5.41, 5.74) is -0.422. The molecule has 0 radical (unpaired) electrons. The average Bonchev–Trinajstić information content (AvgIpc) is 3.27. The van der Waals surface area contributed by atoms with Crippen molar-refractivity contribution < 1.29 is 36.2 Å². The Kier molecular flexibility index (Phi) is 7.96. The Morgan fingerprint density at radius 1 is 1.18 bits per heavy atom. The summed E-state index contributed by atoms with van der Waals surface area (Å²) in [5.74, 6) is -4.73. The average molecular weight is 572 g/mol. The minimum atomic E-state index is -4.72. The standard InChI is InChI=1S/C25H26F5N5O3S/c1-13-9-24(26,27)12-35(18(13)11-32-23-31-10-17(25(28,29)30)21(34-23)38-4)22(36)19-20(39-14(2)33-19)15-5-7-16(37-3)8-6-15/h5-8,10,13,18H,9,11-12H2,1-4H3,(H,31,32,34). The largest absolute Gasteiger partial charge is 0.497 e. The highest BCUT2D eigenvalue weighted by atomic mass is 32.1. The third-order valence-electron chi connectivity index (χ3n) is 6.35. The Labute approximate surface area is 225 Å². The molecule has 2 aromatic heterocycles. The molecule has 8 nitrogen and oxygen atoms in total. The van der Waals surface area contributed by atoms with Gasteiger partial charge in [0.05, 0.1) is 36.7 Å². The van der Waals surface area contributed by atoms with E-state index in [9.17, 15) is 26.7 Å². The number of amides is 1. The number of hydrogen-bond acceptors (Lipinski definition) is 8. The first-order valence-electron chi connectivity index (χ1n) is 11.9. The summed E-state index contributed by atoms with van der Waals surface area (Å²) in [5, 5.41) is 3.37. The number of aromatic nitrogens is 3. The number of nitrogens with zero attached hydrogens (tertiary/aromatic N) is 4. The van der Waals surface area contributed by atoms with Crippen LogP contribution in [-0.4, -0.2) is 65.0 Å². The maximum absolute atomic E-state index is 14.7. The van der Waals surface area contributed by atoms with E-state index < -0.39 is 54.4 Å². The van der Waals surface area contributed by atoms with Crippen molar-refractivity contribution in [2.75, 3.05) is 32.6 Å². The third kappa shape index (κ3) is 6.21. The molecule has 2 atom stereocenters. The second-order valence-electron chi connectivity index (χ2n) is 9.17. The van der Waals surface area contributed by atoms with Crippen molar-refractivity contribution in [1.29, 1.82) is 0 Å². The molecule has 1 N–H and O–H groups in total. The van der Waals surface area contributed by atoms with Crippen LogP contribution in [0.2, 0.25) is 0 Å². The number of nitrogens with one attached hydrogen (secondary N) is 1. The smallest absolute Gasteiger partial charge is 0.423 e. The fourth-order valence-electron chi connectivity index (χ4n) is 4.52. The van der Waals surface area contributed by atoms with Gasteiger partial charge in [-0.3, -0.25) is 4.79 Å². The van der Waals surface area contributed by atoms with Gasteiger partial charge in [0, 0.05) is 19.2 Å². The molecule has 2 unspecified atom stereocenters. The predicted molar refractivity (Wildman–Crippen MR) is 134 cm³/mol. The van der Waals surface area contributed by atoms with Gasteiger partial charge in [-0.15, -0.1) is 11.3 Å². The van der Waals surface area contributed by atoms with Crippen LogP contribution in [0.25, 0.3) is 10.4 Å². The number of likely N-dealkylation sites (tertiary alicyclic amines) is 1. The van der Waals surface area contributed by atoms with Crippen LogP contribution in [0.4, 0.5) is 27.9 Å². The van der Waals surface area contributed by atoms with Gasteiger partial charge in [0.2, 0.25) is 11.8 Å². The molecule has 0 saturated carbocycles. The molecule has 210 valence electrons. The van der Waals surface area contributed by atoms with Gasteiger partial charge in [0.15, 0.2) is 0 Å². The van der Waals surface area contributed by atoms with Gasteiger partial charge in [-0.25, -0.2) is 18.7 Å². The number of aryl methyl sites for hydroxylation is 1. The van der Waals surface area contributed by atoms with E-state index >= 15 is 0 Å². The van der Waals surface area contributed by atoms with E-state index in [4.69, 9.17) is 9.47 Å². The lowest BCUT2D eigenvalue weighted by atomic mass is 9.88. The number of piperidine rings is 1. The highest BCUT2D eigenvalue weighted by Gasteiger charge is 2.47. The summed E-state index contributed by atoms with van der Waals surface area (Å²) in [6.07, 6.45) is -4.61. The predicted octanol–water partition coefficient (Wildman–Crippen LogP) is 5.54. The van der Waals surface area contributed by atoms with E-state index in [1.165, 1.54) is 18.4 Å². The van der Waals surface area contributed by atoms with Crippen molar-refractivity contribution in [1.82, 2.24) is 19.9 Å². The summed E-state index contributed by atoms with van der Waals surface area (Å²) in [4.78, 5) is 27.2. The topological polar surface area (TPSA) is 89.5 Å². The fraction of sp³-hybridized carbons (Fsp3) is 0.440. The number of methoxy groups -OCH3 is 2. The SMILES string of the molecule is COc1ccc(-c2sc(C)nc2C(=O)N2CC(F)(F)CC(C)C2CNc2ncc(C(F)(F)F)c(OC)n2)cc1. The zero-order valence-corrected chi connectivity index (χ0v) is 22.3. The lowest BCUT2D eigenvalue weighted by Crippen LogP contribution is -2.57. The summed E-state index contributed by atoms with van der Waals surface area (Å²) in [6.45, 7) is 2.39. The molecular formula is C25H26F5N5O3S. The highest BCUT2D eigenvalue weighted by Crippen LogP contribution is 2.38. The Morgan fingerprint density at radius 2 is 1.87 bits per heavy atom. The molecule has 1 aliphatic heterocycles. The molecular weight excluding hydrogens is 545 g/mol. The van der Waals surface area contributed by atoms with E-state index in [0.717, 1.165) is 12.0 Å². The number of carbonyl (C=O) groups is 1. The lowest BCUT2D eigenvalue weighted by molar-refractivity contribution is -0.139. The third-order valence-corrected chi connectivity index (χ3v) is 7.37. The number of thiazole rings is 1. The van der Waals surface area contributed by atoms with Gasteiger partial charge < -0.3 is 19.7 Å². The first-order valence-corrected chi connectivity index (χ1v) is 12.7. The number of alkyl halides is 5. The van der Waals surface area contributed by atoms with Crippen LogP contribution in [0.15, 0.2) is 30.5 Å². The first-order chi connectivity index (χ1) is 18.3. The number of anilines is 1. The first kappa shape index (κ1) is 28.5. The molecule has 39 heavy (non-hydrogen) atoms. The Hall–Kier alpha value is -3.55. The Bertz CT molecular complexity index is 1330. The van der Waals surface area contributed by atoms with Crippen LogP contribution in [0.5, 0.6) is 11.6 Å². The normalized spacial score (nSPS) is 19.1. The molecule has 0 spiro atoms. The Morgan fingerprint density at radius 3 is 2.49 bits per heavy atom. The zero-order valence-electron chi connectivity index (χ0n) is 21.5. The monoisotopic (exact) mass is 571 g/mol. The molecule has 0 aliphatic carbocycles. The van der Waals surface area contributed by atoms with E-state index in [2.05, 4.69) is 20.3 Å². The molecule has 14 heteroatoms. The van der Waals surface area contributed by atoms with E-state index in [-0.39, 0.29) is 18.2 Å². The van der Waals surface area contributed by atoms with Crippen molar-refractivity contribution in [2.24, 2.45) is 5.92 Å². The van der Waals surface area contributed by atoms with E-state index in [1.54, 1.807) is 38.1 Å². The molecule has 1 amide bonds. The Balaban J connectivity index is 1.62. The molecule has 1 fully saturated rings. The van der Waals surface area contributed by atoms with Crippen LogP contribution < -0.4 is 14.8 Å². The van der Waals surface area contributed by atoms with Gasteiger partial charge in [-0.2, -0.15) is 18.2 Å². The minimum absolute atomic E-state index is 0.0463. The van der Waals surface area contributed by atoms with Crippen LogP contribution in [0.1, 0.15) is 34.4 Å². The van der Waals surface area contributed by atoms with Gasteiger partial charge in [-0.1, -0.05) is 6.92 Å². The highest BCUT2D eigenvalue weighted by molar-refractivity contribution is 7.15. The van der Waals surface area contributed by atoms with Gasteiger partial charge in [0.25, 0.3) is 11.8 Å². The van der Waals surface area contributed by atoms with Gasteiger partial charge in [-0.05, 0) is 42.7 Å². The maximum atomic E-state index is 14.7. The molecule has 0 bridgehead atoms. The number of ether oxygens (including phenoxy) is 2. The lowest BCUT2D eigenvalue weighted by Gasteiger charge is -2.43. The maximum Gasteiger partial charge on any atom is 0.423 e. The van der Waals surface area contributed by atoms with Gasteiger partial charge >= 0.3 is 6.18 Å². The van der Waals surface area contributed by atoms with Crippen molar-refractivity contribution >= 4 is 23.2 Å². The van der Waals surface area contributed by atoms with Crippen LogP contribution in [-0.2, 0) is 6.18 Å². The molecule has 3 aromatic rings. The van der Waals surface area contributed by atoms with Crippen LogP contribution in [0.3, 0.4) is 0 Å². The quantitative estimate of drug-likeness (QED) is 0.373. The second-order valence-corrected chi connectivity index (χ2v) is 10.4. The molecule has 1 saturated heterocycles. The molecule has 1 aromatic carbocycles. The zero-order chi connectivity index (χ0) is 28.5. The van der Waals surface area contributed by atoms with Crippen LogP contribution >= 0.6 is 11.3 Å². The summed E-state index contributed by atoms with van der Waals surface area (Å²) < 4.78 is 78.8. The molecule has 3 heterocycles. The van der Waals surface area contributed by atoms with Crippen LogP contribution in [0, 0.1) is 12.8 Å². The van der Waals surface area contributed by atoms with Gasteiger partial charge in [0.1, 0.15) is 17.0 Å². The number of carbonyl (C=O) groups excluding carboxylic acids is 1. The number of halogens is 5. The van der Waals surface area contributed by atoms with E-state index in [0.29, 0.717) is 27.4 Å². The summed E-state index contributed by atoms with van der Waals surface area (Å²) >= 11 is 1.26. The van der Waals surface area contributed by atoms with Crippen molar-refractivity contribution in [2.45, 2.75) is 38.4 Å². The van der Waals surface area contributed by atoms with Crippen molar-refractivity contribution in [3.63, 3.8) is 0 Å². The fourth-order valence-corrected chi connectivity index (χ4v) is 5.44. The molecule has 4 rings (SSSR count). The van der Waals surface area contributed by atoms with E-state index in [1.807, 2.05) is 0 Å². The minimum Gasteiger partial charge on any atom is -0.497 e. The second kappa shape index (κ2) is 10.9.